The van der Waals surface area contributed by atoms with Crippen LogP contribution in [0.15, 0.2) is 53.4 Å². The van der Waals surface area contributed by atoms with E-state index in [9.17, 15) is 13.2 Å². The highest BCUT2D eigenvalue weighted by molar-refractivity contribution is 7.89. The molecule has 32 heavy (non-hydrogen) atoms. The third-order valence-corrected chi connectivity index (χ3v) is 6.96. The lowest BCUT2D eigenvalue weighted by Crippen LogP contribution is -2.31. The maximum atomic E-state index is 12.5. The molecule has 2 aromatic rings. The summed E-state index contributed by atoms with van der Waals surface area (Å²) >= 11 is 0. The van der Waals surface area contributed by atoms with Crippen LogP contribution in [0, 0.1) is 0 Å². The summed E-state index contributed by atoms with van der Waals surface area (Å²) in [5.74, 6) is 0.393. The van der Waals surface area contributed by atoms with Gasteiger partial charge in [-0.1, -0.05) is 0 Å². The van der Waals surface area contributed by atoms with Crippen LogP contribution in [0.25, 0.3) is 0 Å². The lowest BCUT2D eigenvalue weighted by molar-refractivity contribution is 0.0679. The first-order chi connectivity index (χ1) is 15.5. The van der Waals surface area contributed by atoms with Gasteiger partial charge in [0.25, 0.3) is 5.91 Å². The summed E-state index contributed by atoms with van der Waals surface area (Å²) in [6.07, 6.45) is 3.94. The van der Waals surface area contributed by atoms with Crippen LogP contribution in [0.3, 0.4) is 0 Å². The van der Waals surface area contributed by atoms with Gasteiger partial charge in [-0.25, -0.2) is 13.1 Å². The second-order valence-electron chi connectivity index (χ2n) is 7.94. The molecule has 1 amide bonds. The number of benzene rings is 2. The quantitative estimate of drug-likeness (QED) is 0.596. The van der Waals surface area contributed by atoms with Crippen molar-refractivity contribution in [3.63, 3.8) is 0 Å². The molecule has 2 fully saturated rings. The Bertz CT molecular complexity index is 996. The average Bonchev–Trinajstić information content (AvgIpc) is 3.51. The van der Waals surface area contributed by atoms with Gasteiger partial charge in [-0.3, -0.25) is 4.79 Å². The zero-order valence-corrected chi connectivity index (χ0v) is 18.6. The van der Waals surface area contributed by atoms with E-state index in [-0.39, 0.29) is 29.6 Å². The summed E-state index contributed by atoms with van der Waals surface area (Å²) in [5, 5.41) is 2.77. The van der Waals surface area contributed by atoms with Crippen LogP contribution in [-0.2, 0) is 19.5 Å². The maximum Gasteiger partial charge on any atom is 0.255 e. The number of amides is 1. The van der Waals surface area contributed by atoms with Gasteiger partial charge in [-0.2, -0.15) is 0 Å². The Balaban J connectivity index is 1.29. The normalized spacial score (nSPS) is 20.9. The van der Waals surface area contributed by atoms with Crippen molar-refractivity contribution in [2.45, 2.75) is 42.8 Å². The van der Waals surface area contributed by atoms with Crippen molar-refractivity contribution in [3.8, 4) is 5.75 Å². The van der Waals surface area contributed by atoms with E-state index in [1.54, 1.807) is 36.4 Å². The predicted octanol–water partition coefficient (Wildman–Crippen LogP) is 2.95. The molecule has 172 valence electrons. The van der Waals surface area contributed by atoms with Crippen molar-refractivity contribution < 1.29 is 27.4 Å². The lowest BCUT2D eigenvalue weighted by Gasteiger charge is -2.12. The molecule has 0 radical (unpaired) electrons. The Morgan fingerprint density at radius 1 is 0.938 bits per heavy atom. The first-order valence-corrected chi connectivity index (χ1v) is 12.3. The van der Waals surface area contributed by atoms with Crippen LogP contribution >= 0.6 is 0 Å². The van der Waals surface area contributed by atoms with Gasteiger partial charge in [0.15, 0.2) is 0 Å². The van der Waals surface area contributed by atoms with Gasteiger partial charge in [0.05, 0.1) is 17.1 Å². The summed E-state index contributed by atoms with van der Waals surface area (Å²) in [5.41, 5.74) is 0.983. The van der Waals surface area contributed by atoms with Gasteiger partial charge in [0.1, 0.15) is 12.4 Å². The van der Waals surface area contributed by atoms with Crippen molar-refractivity contribution in [2.75, 3.05) is 31.7 Å². The third kappa shape index (κ3) is 6.07. The molecule has 2 aliphatic heterocycles. The van der Waals surface area contributed by atoms with Gasteiger partial charge >= 0.3 is 0 Å². The number of hydrogen-bond acceptors (Lipinski definition) is 6. The van der Waals surface area contributed by atoms with Crippen LogP contribution in [0.1, 0.15) is 36.0 Å². The second kappa shape index (κ2) is 10.4. The van der Waals surface area contributed by atoms with E-state index in [1.165, 1.54) is 12.1 Å². The summed E-state index contributed by atoms with van der Waals surface area (Å²) in [4.78, 5) is 12.6. The second-order valence-corrected chi connectivity index (χ2v) is 9.70. The van der Waals surface area contributed by atoms with E-state index in [4.69, 9.17) is 14.2 Å². The molecule has 2 aliphatic rings. The van der Waals surface area contributed by atoms with E-state index in [0.29, 0.717) is 30.2 Å². The van der Waals surface area contributed by atoms with Gasteiger partial charge in [0, 0.05) is 31.0 Å². The molecule has 0 aromatic heterocycles. The van der Waals surface area contributed by atoms with Crippen molar-refractivity contribution in [2.24, 2.45) is 0 Å². The highest BCUT2D eigenvalue weighted by atomic mass is 32.2. The van der Waals surface area contributed by atoms with E-state index in [0.717, 1.165) is 32.3 Å². The van der Waals surface area contributed by atoms with Crippen LogP contribution in [0.5, 0.6) is 5.75 Å². The van der Waals surface area contributed by atoms with E-state index in [2.05, 4.69) is 10.0 Å². The average molecular weight is 461 g/mol. The van der Waals surface area contributed by atoms with Gasteiger partial charge in [-0.15, -0.1) is 0 Å². The minimum absolute atomic E-state index is 0.0730. The lowest BCUT2D eigenvalue weighted by atomic mass is 10.2. The first-order valence-electron chi connectivity index (χ1n) is 10.9. The number of carbonyl (C=O) groups is 1. The molecule has 2 atom stereocenters. The smallest absolute Gasteiger partial charge is 0.255 e. The molecule has 2 heterocycles. The summed E-state index contributed by atoms with van der Waals surface area (Å²) < 4.78 is 44.1. The van der Waals surface area contributed by atoms with Gasteiger partial charge in [-0.05, 0) is 74.2 Å². The Hall–Kier alpha value is -2.46. The van der Waals surface area contributed by atoms with E-state index >= 15 is 0 Å². The Labute approximate surface area is 188 Å². The highest BCUT2D eigenvalue weighted by Gasteiger charge is 2.20. The van der Waals surface area contributed by atoms with Crippen LogP contribution in [0.4, 0.5) is 5.69 Å². The highest BCUT2D eigenvalue weighted by Crippen LogP contribution is 2.19. The molecule has 2 unspecified atom stereocenters. The molecular weight excluding hydrogens is 432 g/mol. The van der Waals surface area contributed by atoms with Crippen LogP contribution in [-0.4, -0.2) is 52.9 Å². The predicted molar refractivity (Wildman–Crippen MR) is 119 cm³/mol. The number of anilines is 1. The summed E-state index contributed by atoms with van der Waals surface area (Å²) in [6.45, 7) is 2.22. The van der Waals surface area contributed by atoms with Crippen LogP contribution < -0.4 is 14.8 Å². The minimum Gasteiger partial charge on any atom is -0.491 e. The molecule has 9 heteroatoms. The molecule has 0 spiro atoms. The molecule has 0 aliphatic carbocycles. The Kier molecular flexibility index (Phi) is 7.41. The Morgan fingerprint density at radius 3 is 2.22 bits per heavy atom. The van der Waals surface area contributed by atoms with E-state index < -0.39 is 10.0 Å². The summed E-state index contributed by atoms with van der Waals surface area (Å²) in [7, 11) is -3.63. The number of ether oxygens (including phenoxy) is 3. The molecule has 2 aromatic carbocycles. The van der Waals surface area contributed by atoms with Crippen molar-refractivity contribution >= 4 is 21.6 Å². The van der Waals surface area contributed by atoms with Crippen molar-refractivity contribution in [1.29, 1.82) is 0 Å². The van der Waals surface area contributed by atoms with Gasteiger partial charge < -0.3 is 19.5 Å². The largest absolute Gasteiger partial charge is 0.491 e. The molecule has 2 saturated heterocycles. The third-order valence-electron chi connectivity index (χ3n) is 5.52. The molecule has 4 rings (SSSR count). The number of carbonyl (C=O) groups excluding carboxylic acids is 1. The SMILES string of the molecule is O=C(Nc1ccc(S(=O)(=O)NCC2CCCO2)cc1)c1ccc(OCC2CCCO2)cc1. The molecular formula is C23H28N2O6S. The fourth-order valence-electron chi connectivity index (χ4n) is 3.68. The number of sulfonamides is 1. The maximum absolute atomic E-state index is 12.5. The molecule has 0 bridgehead atoms. The van der Waals surface area contributed by atoms with E-state index in [1.807, 2.05) is 0 Å². The number of hydrogen-bond donors (Lipinski definition) is 2. The first kappa shape index (κ1) is 22.7. The monoisotopic (exact) mass is 460 g/mol. The Morgan fingerprint density at radius 2 is 1.59 bits per heavy atom. The summed E-state index contributed by atoms with van der Waals surface area (Å²) in [6, 6.07) is 12.9. The molecule has 0 saturated carbocycles. The van der Waals surface area contributed by atoms with Crippen LogP contribution in [0.2, 0.25) is 0 Å². The zero-order chi connectivity index (χ0) is 22.4. The molecule has 2 N–H and O–H groups in total. The topological polar surface area (TPSA) is 103 Å². The fraction of sp³-hybridized carbons (Fsp3) is 0.435. The number of nitrogens with one attached hydrogen (secondary N) is 2. The zero-order valence-electron chi connectivity index (χ0n) is 17.8. The number of rotatable bonds is 9. The van der Waals surface area contributed by atoms with Gasteiger partial charge in [0.2, 0.25) is 10.0 Å². The minimum atomic E-state index is -3.63. The van der Waals surface area contributed by atoms with Crippen molar-refractivity contribution in [1.82, 2.24) is 4.72 Å². The standard InChI is InChI=1S/C23H28N2O6S/c26-23(17-5-9-19(10-6-17)31-16-21-4-2-14-30-21)25-18-7-11-22(12-8-18)32(27,28)24-15-20-3-1-13-29-20/h5-12,20-21,24H,1-4,13-16H2,(H,25,26). The fourth-order valence-corrected chi connectivity index (χ4v) is 4.75. The molecule has 8 nitrogen and oxygen atoms in total. The van der Waals surface area contributed by atoms with Crippen molar-refractivity contribution in [3.05, 3.63) is 54.1 Å².